The number of aryl methyl sites for hydroxylation is 1. The summed E-state index contributed by atoms with van der Waals surface area (Å²) in [5, 5.41) is 10.3. The van der Waals surface area contributed by atoms with Gasteiger partial charge in [-0.05, 0) is 51.6 Å². The van der Waals surface area contributed by atoms with Crippen LogP contribution < -0.4 is 10.6 Å². The molecule has 2 saturated heterocycles. The first-order valence-electron chi connectivity index (χ1n) is 7.91. The van der Waals surface area contributed by atoms with E-state index in [9.17, 15) is 0 Å². The third-order valence-corrected chi connectivity index (χ3v) is 5.34. The number of rotatable bonds is 4. The first-order valence-corrected chi connectivity index (χ1v) is 8.79. The largest absolute Gasteiger partial charge is 0.359 e. The summed E-state index contributed by atoms with van der Waals surface area (Å²) < 4.78 is 0. The van der Waals surface area contributed by atoms with E-state index >= 15 is 0 Å². The van der Waals surface area contributed by atoms with Crippen molar-refractivity contribution in [2.45, 2.75) is 38.6 Å². The van der Waals surface area contributed by atoms with Gasteiger partial charge in [-0.25, -0.2) is 4.98 Å². The number of piperidine rings is 2. The molecule has 5 heteroatoms. The van der Waals surface area contributed by atoms with Crippen LogP contribution in [0.2, 0.25) is 0 Å². The van der Waals surface area contributed by atoms with E-state index in [1.54, 1.807) is 11.3 Å². The van der Waals surface area contributed by atoms with Gasteiger partial charge in [-0.2, -0.15) is 0 Å². The van der Waals surface area contributed by atoms with Crippen LogP contribution in [0.15, 0.2) is 5.38 Å². The summed E-state index contributed by atoms with van der Waals surface area (Å²) in [6.45, 7) is 8.25. The van der Waals surface area contributed by atoms with Gasteiger partial charge in [-0.1, -0.05) is 0 Å². The zero-order valence-electron chi connectivity index (χ0n) is 12.4. The summed E-state index contributed by atoms with van der Waals surface area (Å²) in [6, 6.07) is 0.612. The Labute approximate surface area is 126 Å². The molecule has 20 heavy (non-hydrogen) atoms. The number of aromatic nitrogens is 1. The molecular weight excluding hydrogens is 268 g/mol. The second-order valence-electron chi connectivity index (χ2n) is 6.23. The number of hydrogen-bond donors (Lipinski definition) is 2. The van der Waals surface area contributed by atoms with Crippen LogP contribution in [0.5, 0.6) is 0 Å². The first-order chi connectivity index (χ1) is 9.79. The Bertz CT molecular complexity index is 406. The van der Waals surface area contributed by atoms with Crippen LogP contribution in [0.3, 0.4) is 0 Å². The van der Waals surface area contributed by atoms with Crippen molar-refractivity contribution in [1.82, 2.24) is 15.2 Å². The third kappa shape index (κ3) is 3.93. The second kappa shape index (κ2) is 6.87. The quantitative estimate of drug-likeness (QED) is 0.894. The summed E-state index contributed by atoms with van der Waals surface area (Å²) in [5.74, 6) is 0.870. The molecule has 4 nitrogen and oxygen atoms in total. The van der Waals surface area contributed by atoms with Crippen LogP contribution in [0.4, 0.5) is 5.13 Å². The summed E-state index contributed by atoms with van der Waals surface area (Å²) in [4.78, 5) is 7.16. The van der Waals surface area contributed by atoms with Crippen molar-refractivity contribution in [1.29, 1.82) is 0 Å². The number of nitrogens with zero attached hydrogens (tertiary/aromatic N) is 2. The molecule has 0 spiro atoms. The maximum absolute atomic E-state index is 4.50. The molecule has 3 rings (SSSR count). The monoisotopic (exact) mass is 294 g/mol. The minimum Gasteiger partial charge on any atom is -0.359 e. The average Bonchev–Trinajstić information content (AvgIpc) is 2.88. The fraction of sp³-hybridized carbons (Fsp3) is 0.800. The van der Waals surface area contributed by atoms with Gasteiger partial charge < -0.3 is 15.5 Å². The minimum atomic E-state index is 0.612. The van der Waals surface area contributed by atoms with Gasteiger partial charge in [0.25, 0.3) is 0 Å². The molecule has 0 radical (unpaired) electrons. The molecule has 1 aromatic rings. The van der Waals surface area contributed by atoms with Crippen LogP contribution in [-0.4, -0.2) is 48.6 Å². The van der Waals surface area contributed by atoms with E-state index in [0.29, 0.717) is 6.04 Å². The summed E-state index contributed by atoms with van der Waals surface area (Å²) in [5.41, 5.74) is 1.12. The van der Waals surface area contributed by atoms with Crippen LogP contribution in [-0.2, 0) is 0 Å². The molecule has 1 unspecified atom stereocenters. The zero-order valence-corrected chi connectivity index (χ0v) is 13.2. The predicted octanol–water partition coefficient (Wildman–Crippen LogP) is 2.33. The predicted molar refractivity (Wildman–Crippen MR) is 85.5 cm³/mol. The lowest BCUT2D eigenvalue weighted by molar-refractivity contribution is 0.173. The number of likely N-dealkylation sites (tertiary alicyclic amines) is 1. The van der Waals surface area contributed by atoms with Crippen LogP contribution in [0, 0.1) is 12.8 Å². The maximum atomic E-state index is 4.50. The number of anilines is 1. The highest BCUT2D eigenvalue weighted by atomic mass is 32.1. The Morgan fingerprint density at radius 2 is 2.25 bits per heavy atom. The van der Waals surface area contributed by atoms with Crippen LogP contribution in [0.1, 0.15) is 31.4 Å². The summed E-state index contributed by atoms with van der Waals surface area (Å²) >= 11 is 1.73. The molecule has 0 aliphatic carbocycles. The van der Waals surface area contributed by atoms with E-state index in [1.807, 2.05) is 0 Å². The topological polar surface area (TPSA) is 40.2 Å². The maximum Gasteiger partial charge on any atom is 0.183 e. The van der Waals surface area contributed by atoms with Gasteiger partial charge in [-0.15, -0.1) is 11.3 Å². The number of thiazole rings is 1. The van der Waals surface area contributed by atoms with E-state index in [1.165, 1.54) is 58.4 Å². The van der Waals surface area contributed by atoms with Crippen molar-refractivity contribution in [3.63, 3.8) is 0 Å². The average molecular weight is 294 g/mol. The molecule has 0 bridgehead atoms. The molecule has 112 valence electrons. The SMILES string of the molecule is Cc1csc(NC2CCN(CC3CCCNC3)CC2)n1. The van der Waals surface area contributed by atoms with E-state index in [-0.39, 0.29) is 0 Å². The Morgan fingerprint density at radius 3 is 2.90 bits per heavy atom. The summed E-state index contributed by atoms with van der Waals surface area (Å²) in [7, 11) is 0. The minimum absolute atomic E-state index is 0.612. The fourth-order valence-corrected chi connectivity index (χ4v) is 4.07. The zero-order chi connectivity index (χ0) is 13.8. The molecule has 0 saturated carbocycles. The fourth-order valence-electron chi connectivity index (χ4n) is 3.30. The molecule has 2 aliphatic heterocycles. The van der Waals surface area contributed by atoms with Crippen molar-refractivity contribution >= 4 is 16.5 Å². The van der Waals surface area contributed by atoms with E-state index in [0.717, 1.165) is 16.7 Å². The molecule has 3 heterocycles. The van der Waals surface area contributed by atoms with Gasteiger partial charge in [0.2, 0.25) is 0 Å². The van der Waals surface area contributed by atoms with Crippen LogP contribution >= 0.6 is 11.3 Å². The van der Waals surface area contributed by atoms with Crippen molar-refractivity contribution in [2.24, 2.45) is 5.92 Å². The highest BCUT2D eigenvalue weighted by Gasteiger charge is 2.22. The lowest BCUT2D eigenvalue weighted by atomic mass is 9.97. The Balaban J connectivity index is 1.40. The van der Waals surface area contributed by atoms with Gasteiger partial charge in [-0.3, -0.25) is 0 Å². The Hall–Kier alpha value is -0.650. The highest BCUT2D eigenvalue weighted by molar-refractivity contribution is 7.13. The van der Waals surface area contributed by atoms with E-state index in [2.05, 4.69) is 32.8 Å². The van der Waals surface area contributed by atoms with Gasteiger partial charge in [0.15, 0.2) is 5.13 Å². The standard InChI is InChI=1S/C15H26N4S/c1-12-11-20-15(17-12)18-14-4-7-19(8-5-14)10-13-3-2-6-16-9-13/h11,13-14,16H,2-10H2,1H3,(H,17,18). The van der Waals surface area contributed by atoms with Crippen molar-refractivity contribution in [2.75, 3.05) is 38.0 Å². The molecular formula is C15H26N4S. The Kier molecular flexibility index (Phi) is 4.91. The highest BCUT2D eigenvalue weighted by Crippen LogP contribution is 2.21. The van der Waals surface area contributed by atoms with Crippen molar-refractivity contribution in [3.05, 3.63) is 11.1 Å². The van der Waals surface area contributed by atoms with Gasteiger partial charge in [0.1, 0.15) is 0 Å². The van der Waals surface area contributed by atoms with E-state index < -0.39 is 0 Å². The molecule has 1 aromatic heterocycles. The van der Waals surface area contributed by atoms with Gasteiger partial charge in [0, 0.05) is 31.1 Å². The molecule has 2 aliphatic rings. The second-order valence-corrected chi connectivity index (χ2v) is 7.08. The molecule has 0 aromatic carbocycles. The third-order valence-electron chi connectivity index (χ3n) is 4.45. The first kappa shape index (κ1) is 14.3. The molecule has 2 fully saturated rings. The number of nitrogens with one attached hydrogen (secondary N) is 2. The van der Waals surface area contributed by atoms with Crippen molar-refractivity contribution in [3.8, 4) is 0 Å². The summed E-state index contributed by atoms with van der Waals surface area (Å²) in [6.07, 6.45) is 5.26. The van der Waals surface area contributed by atoms with Crippen molar-refractivity contribution < 1.29 is 0 Å². The smallest absolute Gasteiger partial charge is 0.183 e. The van der Waals surface area contributed by atoms with E-state index in [4.69, 9.17) is 0 Å². The van der Waals surface area contributed by atoms with Gasteiger partial charge >= 0.3 is 0 Å². The molecule has 1 atom stereocenters. The molecule has 0 amide bonds. The number of hydrogen-bond acceptors (Lipinski definition) is 5. The lowest BCUT2D eigenvalue weighted by Crippen LogP contribution is -2.44. The lowest BCUT2D eigenvalue weighted by Gasteiger charge is -2.35. The molecule has 2 N–H and O–H groups in total. The normalized spacial score (nSPS) is 25.8. The Morgan fingerprint density at radius 1 is 1.40 bits per heavy atom. The van der Waals surface area contributed by atoms with Gasteiger partial charge in [0.05, 0.1) is 5.69 Å². The van der Waals surface area contributed by atoms with Crippen LogP contribution in [0.25, 0.3) is 0 Å².